The van der Waals surface area contributed by atoms with Crippen molar-refractivity contribution in [3.63, 3.8) is 0 Å². The second-order valence-electron chi connectivity index (χ2n) is 1.02. The van der Waals surface area contributed by atoms with Crippen LogP contribution in [0.2, 0.25) is 0 Å². The van der Waals surface area contributed by atoms with Crippen LogP contribution in [-0.4, -0.2) is 60.6 Å². The Bertz CT molecular complexity index is 155. The van der Waals surface area contributed by atoms with Crippen LogP contribution in [0.4, 0.5) is 0 Å². The van der Waals surface area contributed by atoms with E-state index in [2.05, 4.69) is 13.7 Å². The quantitative estimate of drug-likeness (QED) is 0.253. The number of hydrogen-bond acceptors (Lipinski definition) is 12. The summed E-state index contributed by atoms with van der Waals surface area (Å²) in [7, 11) is -9.96. The van der Waals surface area contributed by atoms with Crippen molar-refractivity contribution in [2.24, 2.45) is 0 Å². The molecule has 0 aromatic heterocycles. The average Bonchev–Trinajstić information content (AvgIpc) is 2.19. The largest absolute Gasteiger partial charge is 3.00 e. The van der Waals surface area contributed by atoms with Crippen LogP contribution in [0.15, 0.2) is 0 Å². The number of hydrogen-bond donors (Lipinski definition) is 3. The third-order valence-electron chi connectivity index (χ3n) is 0.224. The first-order valence-corrected chi connectivity index (χ1v) is 6.06. The number of rotatable bonds is 3. The van der Waals surface area contributed by atoms with E-state index in [1.165, 1.54) is 0 Å². The minimum Gasteiger partial charge on any atom is -0.478 e. The van der Waals surface area contributed by atoms with Crippen molar-refractivity contribution in [2.75, 3.05) is 0 Å². The van der Waals surface area contributed by atoms with Crippen molar-refractivity contribution in [2.45, 2.75) is 0 Å². The molecule has 0 atom stereocenters. The molecule has 0 heterocycles. The zero-order chi connectivity index (χ0) is 12.9. The zero-order valence-electron chi connectivity index (χ0n) is 7.09. The summed E-state index contributed by atoms with van der Waals surface area (Å²) in [5.74, 6) is 0. The molecule has 3 N–H and O–H groups in total. The van der Waals surface area contributed by atoms with Gasteiger partial charge < -0.3 is 41.5 Å². The zero-order valence-corrected chi connectivity index (χ0v) is 11.2. The van der Waals surface area contributed by atoms with E-state index in [9.17, 15) is 0 Å². The molecule has 0 aliphatic carbocycles. The van der Waals surface area contributed by atoms with Gasteiger partial charge in [0.25, 0.3) is 0 Å². The smallest absolute Gasteiger partial charge is 0.478 e. The second kappa shape index (κ2) is 19.8. The van der Waals surface area contributed by atoms with Crippen LogP contribution < -0.4 is 14.4 Å². The van der Waals surface area contributed by atoms with Crippen molar-refractivity contribution < 1.29 is 57.3 Å². The molecule has 0 aromatic rings. The van der Waals surface area contributed by atoms with Gasteiger partial charge in [0, 0.05) is 0 Å². The van der Waals surface area contributed by atoms with Gasteiger partial charge in [-0.25, -0.2) is 0 Å². The molecule has 0 spiro atoms. The fourth-order valence-electron chi connectivity index (χ4n) is 0. The van der Waals surface area contributed by atoms with E-state index in [0.29, 0.717) is 0 Å². The van der Waals surface area contributed by atoms with Crippen LogP contribution in [0.25, 0.3) is 0 Å². The molecule has 0 bridgehead atoms. The van der Waals surface area contributed by atoms with Crippen LogP contribution in [0.5, 0.6) is 0 Å². The average molecular weight is 306 g/mol. The van der Waals surface area contributed by atoms with Gasteiger partial charge in [-0.05, 0) is 0 Å². The van der Waals surface area contributed by atoms with Gasteiger partial charge in [0.05, 0.1) is 0 Å². The van der Waals surface area contributed by atoms with E-state index >= 15 is 0 Å². The van der Waals surface area contributed by atoms with Gasteiger partial charge in [-0.15, -0.1) is 0 Å². The predicted octanol–water partition coefficient (Wildman–Crippen LogP) is -5.63. The Labute approximate surface area is 103 Å². The molecule has 90 valence electrons. The minimum absolute atomic E-state index is 0. The molecule has 0 saturated carbocycles. The van der Waals surface area contributed by atoms with Gasteiger partial charge in [0.2, 0.25) is 0 Å². The molecule has 0 fully saturated rings. The molecule has 0 saturated heterocycles. The molecule has 0 aliphatic heterocycles. The van der Waals surface area contributed by atoms with Crippen molar-refractivity contribution in [1.29, 1.82) is 0 Å². The maximum absolute atomic E-state index is 8.97. The molecule has 0 amide bonds. The van der Waals surface area contributed by atoms with Crippen LogP contribution >= 0.6 is 0 Å². The van der Waals surface area contributed by atoms with Gasteiger partial charge in [0.15, 0.2) is 0 Å². The Morgan fingerprint density at radius 3 is 0.750 bits per heavy atom. The van der Waals surface area contributed by atoms with Crippen molar-refractivity contribution in [3.8, 4) is 0 Å². The summed E-state index contributed by atoms with van der Waals surface area (Å²) in [5.41, 5.74) is 0. The van der Waals surface area contributed by atoms with E-state index in [1.807, 2.05) is 0 Å². The van der Waals surface area contributed by atoms with Gasteiger partial charge in [-0.3, -0.25) is 15.8 Å². The van der Waals surface area contributed by atoms with Crippen LogP contribution in [0.1, 0.15) is 0 Å². The summed E-state index contributed by atoms with van der Waals surface area (Å²) in [6, 6.07) is 0. The Hall–Kier alpha value is -0.737. The first kappa shape index (κ1) is 24.5. The SMILES string of the molecule is O=[Si]([O-])OO.O=[Si]([O-])OO.O=[Si]([O-])OO.[Al+3]. The first-order valence-electron chi connectivity index (χ1n) is 2.38. The van der Waals surface area contributed by atoms with E-state index in [-0.39, 0.29) is 17.4 Å². The predicted molar refractivity (Wildman–Crippen MR) is 36.2 cm³/mol. The summed E-state index contributed by atoms with van der Waals surface area (Å²) in [6.07, 6.45) is 0. The molecule has 16 heteroatoms. The Morgan fingerprint density at radius 2 is 0.750 bits per heavy atom. The van der Waals surface area contributed by atoms with Crippen molar-refractivity contribution in [1.82, 2.24) is 0 Å². The van der Waals surface area contributed by atoms with Crippen LogP contribution in [0, 0.1) is 0 Å². The molecule has 16 heavy (non-hydrogen) atoms. The Balaban J connectivity index is -0.0000000655. The molecule has 0 aliphatic rings. The van der Waals surface area contributed by atoms with E-state index < -0.39 is 27.5 Å². The maximum Gasteiger partial charge on any atom is 3.00 e. The topological polar surface area (TPSA) is 209 Å². The monoisotopic (exact) mass is 306 g/mol. The molecule has 12 nitrogen and oxygen atoms in total. The van der Waals surface area contributed by atoms with Gasteiger partial charge >= 0.3 is 44.9 Å². The first-order chi connectivity index (χ1) is 6.81. The van der Waals surface area contributed by atoms with E-state index in [0.717, 1.165) is 0 Å². The van der Waals surface area contributed by atoms with E-state index in [4.69, 9.17) is 43.5 Å². The van der Waals surface area contributed by atoms with Gasteiger partial charge in [-0.2, -0.15) is 0 Å². The molecule has 0 unspecified atom stereocenters. The molecular formula is H3AlO12Si3. The molecule has 0 rings (SSSR count). The molecular weight excluding hydrogens is 303 g/mol. The van der Waals surface area contributed by atoms with Crippen LogP contribution in [-0.2, 0) is 27.1 Å². The normalized spacial score (nSPS) is 6.19. The second-order valence-corrected chi connectivity index (χ2v) is 3.07. The van der Waals surface area contributed by atoms with Gasteiger partial charge in [-0.1, -0.05) is 0 Å². The third kappa shape index (κ3) is 72.0. The standard InChI is InChI=1S/Al.3HO4Si/c;3*1-4-5(2)3/h;3*1H/q+3;3*-1. The third-order valence-corrected chi connectivity index (χ3v) is 0.671. The van der Waals surface area contributed by atoms with Gasteiger partial charge in [0.1, 0.15) is 0 Å². The Kier molecular flexibility index (Phi) is 30.3. The summed E-state index contributed by atoms with van der Waals surface area (Å²) in [5, 5.41) is 21.2. The van der Waals surface area contributed by atoms with Crippen molar-refractivity contribution >= 4 is 44.9 Å². The van der Waals surface area contributed by atoms with Crippen molar-refractivity contribution in [3.05, 3.63) is 0 Å². The maximum atomic E-state index is 8.97. The molecule has 0 aromatic carbocycles. The fourth-order valence-corrected chi connectivity index (χ4v) is 0. The fraction of sp³-hybridized carbons (Fsp3) is 0. The summed E-state index contributed by atoms with van der Waals surface area (Å²) in [4.78, 5) is 26.9. The summed E-state index contributed by atoms with van der Waals surface area (Å²) >= 11 is 0. The molecule has 0 radical (unpaired) electrons. The summed E-state index contributed by atoms with van der Waals surface area (Å²) in [6.45, 7) is 0. The van der Waals surface area contributed by atoms with Crippen LogP contribution in [0.3, 0.4) is 0 Å². The minimum atomic E-state index is -3.32. The van der Waals surface area contributed by atoms with E-state index in [1.54, 1.807) is 0 Å². The summed E-state index contributed by atoms with van der Waals surface area (Å²) < 4.78 is 35.1. The Morgan fingerprint density at radius 1 is 0.688 bits per heavy atom.